The number of carbonyl (C=O) groups is 1. The maximum Gasteiger partial charge on any atom is 0.475 e. The minimum Gasteiger partial charge on any atom is -0.394 e. The lowest BCUT2D eigenvalue weighted by Gasteiger charge is -2.17. The van der Waals surface area contributed by atoms with Gasteiger partial charge >= 0.3 is 7.82 Å². The van der Waals surface area contributed by atoms with Gasteiger partial charge in [0.15, 0.2) is 0 Å². The minimum absolute atomic E-state index is 0.0283. The zero-order valence-electron chi connectivity index (χ0n) is 13.8. The Balaban J connectivity index is 3.87. The highest BCUT2D eigenvalue weighted by atomic mass is 31.2. The Morgan fingerprint density at radius 3 is 1.96 bits per heavy atom. The maximum atomic E-state index is 12.3. The number of hydrogen-bond acceptors (Lipinski definition) is 8. The van der Waals surface area contributed by atoms with E-state index in [9.17, 15) is 9.36 Å². The van der Waals surface area contributed by atoms with E-state index >= 15 is 0 Å². The van der Waals surface area contributed by atoms with Crippen molar-refractivity contribution in [3.05, 3.63) is 0 Å². The average molecular weight is 356 g/mol. The molecule has 0 radical (unpaired) electrons. The van der Waals surface area contributed by atoms with Crippen LogP contribution in [-0.2, 0) is 32.4 Å². The van der Waals surface area contributed by atoms with Crippen molar-refractivity contribution in [3.8, 4) is 0 Å². The third-order valence-corrected chi connectivity index (χ3v) is 4.04. The highest BCUT2D eigenvalue weighted by molar-refractivity contribution is 7.48. The molecule has 1 N–H and O–H groups in total. The van der Waals surface area contributed by atoms with Gasteiger partial charge in [-0.25, -0.2) is 4.57 Å². The fraction of sp³-hybridized carbons (Fsp3) is 0.929. The zero-order chi connectivity index (χ0) is 17.2. The number of phosphoric ester groups is 1. The molecule has 0 aliphatic rings. The summed E-state index contributed by atoms with van der Waals surface area (Å²) in [6, 6.07) is 0. The summed E-state index contributed by atoms with van der Waals surface area (Å²) in [6.07, 6.45) is 3.90. The quantitative estimate of drug-likeness (QED) is 0.226. The number of aliphatic hydroxyl groups excluding tert-OH is 1. The van der Waals surface area contributed by atoms with E-state index in [-0.39, 0.29) is 39.6 Å². The average Bonchev–Trinajstić information content (AvgIpc) is 2.55. The van der Waals surface area contributed by atoms with Crippen molar-refractivity contribution in [1.82, 2.24) is 0 Å². The number of phosphoric acid groups is 1. The van der Waals surface area contributed by atoms with Crippen LogP contribution in [0.15, 0.2) is 0 Å². The molecule has 1 atom stereocenters. The molecule has 0 bridgehead atoms. The van der Waals surface area contributed by atoms with Gasteiger partial charge in [0.2, 0.25) is 0 Å². The van der Waals surface area contributed by atoms with Gasteiger partial charge < -0.3 is 19.4 Å². The molecule has 1 unspecified atom stereocenters. The van der Waals surface area contributed by atoms with Gasteiger partial charge in [0, 0.05) is 19.6 Å². The van der Waals surface area contributed by atoms with Crippen LogP contribution in [0.1, 0.15) is 32.6 Å². The standard InChI is InChI=1S/C14H29O8P/c1-2-3-8-18-11-13-21-23(17,20-10-7-16)22-14-12-19-9-5-4-6-15/h6,16H,2-5,7-14H2,1H3. The summed E-state index contributed by atoms with van der Waals surface area (Å²) >= 11 is 0. The summed E-state index contributed by atoms with van der Waals surface area (Å²) in [5.74, 6) is 0. The van der Waals surface area contributed by atoms with Crippen LogP contribution < -0.4 is 0 Å². The Kier molecular flexibility index (Phi) is 16.3. The Morgan fingerprint density at radius 2 is 1.43 bits per heavy atom. The van der Waals surface area contributed by atoms with Crippen molar-refractivity contribution >= 4 is 14.1 Å². The molecule has 0 aromatic rings. The maximum absolute atomic E-state index is 12.3. The van der Waals surface area contributed by atoms with Crippen LogP contribution >= 0.6 is 7.82 Å². The lowest BCUT2D eigenvalue weighted by Crippen LogP contribution is -2.11. The molecule has 0 saturated heterocycles. The molecule has 8 nitrogen and oxygen atoms in total. The van der Waals surface area contributed by atoms with Crippen molar-refractivity contribution in [2.45, 2.75) is 32.6 Å². The first-order chi connectivity index (χ1) is 11.2. The van der Waals surface area contributed by atoms with Gasteiger partial charge in [0.25, 0.3) is 0 Å². The van der Waals surface area contributed by atoms with Gasteiger partial charge in [0.05, 0.1) is 39.6 Å². The van der Waals surface area contributed by atoms with Gasteiger partial charge in [-0.05, 0) is 12.8 Å². The van der Waals surface area contributed by atoms with E-state index in [2.05, 4.69) is 6.92 Å². The molecular formula is C14H29O8P. The smallest absolute Gasteiger partial charge is 0.394 e. The lowest BCUT2D eigenvalue weighted by atomic mass is 10.3. The van der Waals surface area contributed by atoms with Crippen LogP contribution in [0, 0.1) is 0 Å². The number of unbranched alkanes of at least 4 members (excludes halogenated alkanes) is 2. The molecule has 0 spiro atoms. The molecule has 0 aromatic carbocycles. The van der Waals surface area contributed by atoms with Crippen LogP contribution in [0.2, 0.25) is 0 Å². The van der Waals surface area contributed by atoms with Crippen LogP contribution in [-0.4, -0.2) is 64.2 Å². The van der Waals surface area contributed by atoms with Crippen molar-refractivity contribution in [3.63, 3.8) is 0 Å². The molecule has 0 amide bonds. The highest BCUT2D eigenvalue weighted by Crippen LogP contribution is 2.49. The molecule has 0 heterocycles. The number of ether oxygens (including phenoxy) is 2. The summed E-state index contributed by atoms with van der Waals surface area (Å²) < 4.78 is 38.0. The van der Waals surface area contributed by atoms with Crippen LogP contribution in [0.25, 0.3) is 0 Å². The largest absolute Gasteiger partial charge is 0.475 e. The second kappa shape index (κ2) is 16.5. The molecule has 0 aliphatic carbocycles. The molecule has 0 fully saturated rings. The number of rotatable bonds is 18. The van der Waals surface area contributed by atoms with Gasteiger partial charge in [-0.2, -0.15) is 0 Å². The van der Waals surface area contributed by atoms with Crippen molar-refractivity contribution in [2.75, 3.05) is 52.9 Å². The summed E-state index contributed by atoms with van der Waals surface area (Å²) in [5.41, 5.74) is 0. The number of hydrogen-bond donors (Lipinski definition) is 1. The zero-order valence-corrected chi connectivity index (χ0v) is 14.7. The van der Waals surface area contributed by atoms with Crippen molar-refractivity contribution in [1.29, 1.82) is 0 Å². The van der Waals surface area contributed by atoms with Crippen LogP contribution in [0.5, 0.6) is 0 Å². The van der Waals surface area contributed by atoms with Crippen molar-refractivity contribution in [2.24, 2.45) is 0 Å². The molecule has 0 aliphatic heterocycles. The first-order valence-corrected chi connectivity index (χ1v) is 9.38. The van der Waals surface area contributed by atoms with Gasteiger partial charge in [0.1, 0.15) is 6.29 Å². The van der Waals surface area contributed by atoms with E-state index in [0.717, 1.165) is 19.1 Å². The van der Waals surface area contributed by atoms with Crippen LogP contribution in [0.3, 0.4) is 0 Å². The van der Waals surface area contributed by atoms with E-state index in [1.807, 2.05) is 0 Å². The fourth-order valence-electron chi connectivity index (χ4n) is 1.40. The summed E-state index contributed by atoms with van der Waals surface area (Å²) in [6.45, 7) is 3.28. The molecule has 138 valence electrons. The van der Waals surface area contributed by atoms with E-state index in [1.54, 1.807) is 0 Å². The Bertz CT molecular complexity index is 313. The highest BCUT2D eigenvalue weighted by Gasteiger charge is 2.26. The molecular weight excluding hydrogens is 327 g/mol. The Labute approximate surface area is 138 Å². The van der Waals surface area contributed by atoms with E-state index < -0.39 is 7.82 Å². The SMILES string of the molecule is CCCCOCCOP(=O)(OCCO)OCCOCCCC=O. The summed E-state index contributed by atoms with van der Waals surface area (Å²) in [4.78, 5) is 10.1. The second-order valence-electron chi connectivity index (χ2n) is 4.56. The third-order valence-electron chi connectivity index (χ3n) is 2.55. The first kappa shape index (κ1) is 22.7. The normalized spacial score (nSPS) is 13.8. The fourth-order valence-corrected chi connectivity index (χ4v) is 2.52. The number of aldehydes is 1. The first-order valence-electron chi connectivity index (χ1n) is 7.92. The predicted molar refractivity (Wildman–Crippen MR) is 84.4 cm³/mol. The van der Waals surface area contributed by atoms with Gasteiger partial charge in [-0.1, -0.05) is 13.3 Å². The second-order valence-corrected chi connectivity index (χ2v) is 6.23. The number of carbonyl (C=O) groups excluding carboxylic acids is 1. The molecule has 9 heteroatoms. The summed E-state index contributed by atoms with van der Waals surface area (Å²) in [5, 5.41) is 8.76. The molecule has 0 saturated carbocycles. The van der Waals surface area contributed by atoms with Gasteiger partial charge in [-0.15, -0.1) is 0 Å². The van der Waals surface area contributed by atoms with Crippen LogP contribution in [0.4, 0.5) is 0 Å². The number of aliphatic hydroxyl groups is 1. The monoisotopic (exact) mass is 356 g/mol. The molecule has 0 aromatic heterocycles. The minimum atomic E-state index is -3.73. The predicted octanol–water partition coefficient (Wildman–Crippen LogP) is 1.95. The Morgan fingerprint density at radius 1 is 0.870 bits per heavy atom. The summed E-state index contributed by atoms with van der Waals surface area (Å²) in [7, 11) is -3.73. The van der Waals surface area contributed by atoms with E-state index in [0.29, 0.717) is 26.1 Å². The lowest BCUT2D eigenvalue weighted by molar-refractivity contribution is -0.108. The molecule has 23 heavy (non-hydrogen) atoms. The van der Waals surface area contributed by atoms with Gasteiger partial charge in [-0.3, -0.25) is 13.6 Å². The third kappa shape index (κ3) is 15.0. The van der Waals surface area contributed by atoms with E-state index in [1.165, 1.54) is 0 Å². The van der Waals surface area contributed by atoms with Crippen molar-refractivity contribution < 1.29 is 37.5 Å². The topological polar surface area (TPSA) is 101 Å². The van der Waals surface area contributed by atoms with E-state index in [4.69, 9.17) is 28.2 Å². The Hall–Kier alpha value is -0.340. The molecule has 0 rings (SSSR count).